The van der Waals surface area contributed by atoms with E-state index in [9.17, 15) is 19.5 Å². The number of nitrogens with one attached hydrogen (secondary N) is 1. The molecule has 1 atom stereocenters. The van der Waals surface area contributed by atoms with Crippen LogP contribution in [0.25, 0.3) is 0 Å². The first kappa shape index (κ1) is 20.0. The van der Waals surface area contributed by atoms with Gasteiger partial charge in [-0.25, -0.2) is 0 Å². The van der Waals surface area contributed by atoms with Gasteiger partial charge in [0.1, 0.15) is 5.75 Å². The number of ketones is 1. The summed E-state index contributed by atoms with van der Waals surface area (Å²) >= 11 is 6.56. The van der Waals surface area contributed by atoms with Crippen molar-refractivity contribution in [3.63, 3.8) is 0 Å². The molecule has 1 unspecified atom stereocenters. The number of benzene rings is 2. The van der Waals surface area contributed by atoms with Crippen molar-refractivity contribution in [1.82, 2.24) is 4.57 Å². The van der Waals surface area contributed by atoms with Gasteiger partial charge >= 0.3 is 0 Å². The number of nitrogens with zero attached hydrogens (tertiary/aromatic N) is 1. The van der Waals surface area contributed by atoms with Crippen LogP contribution in [-0.4, -0.2) is 21.4 Å². The predicted octanol–water partition coefficient (Wildman–Crippen LogP) is 4.14. The molecule has 1 aromatic heterocycles. The number of hydrogen-bond acceptors (Lipinski definition) is 4. The van der Waals surface area contributed by atoms with Crippen LogP contribution >= 0.6 is 31.9 Å². The van der Waals surface area contributed by atoms with Gasteiger partial charge in [0.15, 0.2) is 11.8 Å². The molecule has 0 aliphatic rings. The summed E-state index contributed by atoms with van der Waals surface area (Å²) in [6.45, 7) is 0. The zero-order valence-corrected chi connectivity index (χ0v) is 17.5. The number of aromatic hydroxyl groups is 1. The second kappa shape index (κ2) is 8.53. The maximum atomic E-state index is 13.1. The lowest BCUT2D eigenvalue weighted by molar-refractivity contribution is -0.118. The van der Waals surface area contributed by atoms with Crippen molar-refractivity contribution in [2.24, 2.45) is 0 Å². The number of rotatable bonds is 5. The third-order valence-electron chi connectivity index (χ3n) is 3.92. The molecule has 0 spiro atoms. The van der Waals surface area contributed by atoms with Crippen LogP contribution in [0.1, 0.15) is 16.4 Å². The molecule has 0 aliphatic heterocycles. The monoisotopic (exact) mass is 504 g/mol. The number of Topliss-reactive ketones (excluding diaryl/α,β-unsaturated/α-hetero) is 1. The van der Waals surface area contributed by atoms with Crippen LogP contribution in [0.15, 0.2) is 80.6 Å². The summed E-state index contributed by atoms with van der Waals surface area (Å²) < 4.78 is 2.40. The number of amides is 1. The van der Waals surface area contributed by atoms with Gasteiger partial charge in [-0.3, -0.25) is 19.0 Å². The molecular formula is C20H14Br2N2O4. The van der Waals surface area contributed by atoms with E-state index in [0.717, 1.165) is 9.04 Å². The van der Waals surface area contributed by atoms with Crippen LogP contribution in [-0.2, 0) is 4.79 Å². The maximum absolute atomic E-state index is 13.1. The van der Waals surface area contributed by atoms with E-state index in [1.54, 1.807) is 36.4 Å². The molecule has 2 N–H and O–H groups in total. The van der Waals surface area contributed by atoms with E-state index in [-0.39, 0.29) is 11.3 Å². The molecule has 1 heterocycles. The van der Waals surface area contributed by atoms with E-state index < -0.39 is 23.3 Å². The van der Waals surface area contributed by atoms with E-state index in [1.165, 1.54) is 30.5 Å². The summed E-state index contributed by atoms with van der Waals surface area (Å²) in [5.74, 6) is -1.27. The van der Waals surface area contributed by atoms with Crippen molar-refractivity contribution in [3.05, 3.63) is 91.7 Å². The summed E-state index contributed by atoms with van der Waals surface area (Å²) in [7, 11) is 0. The molecule has 0 saturated carbocycles. The molecule has 1 amide bonds. The van der Waals surface area contributed by atoms with Crippen LogP contribution in [0.4, 0.5) is 5.69 Å². The average molecular weight is 506 g/mol. The second-order valence-corrected chi connectivity index (χ2v) is 7.74. The Kier molecular flexibility index (Phi) is 6.11. The van der Waals surface area contributed by atoms with Gasteiger partial charge in [0.05, 0.1) is 0 Å². The lowest BCUT2D eigenvalue weighted by Gasteiger charge is -2.19. The van der Waals surface area contributed by atoms with Gasteiger partial charge in [0.2, 0.25) is 0 Å². The third-order valence-corrected chi connectivity index (χ3v) is 4.92. The van der Waals surface area contributed by atoms with Gasteiger partial charge in [-0.05, 0) is 46.3 Å². The minimum Gasteiger partial charge on any atom is -0.508 e. The average Bonchev–Trinajstić information content (AvgIpc) is 2.65. The number of carbonyl (C=O) groups is 2. The Hall–Kier alpha value is -2.71. The Balaban J connectivity index is 2.04. The maximum Gasteiger partial charge on any atom is 0.255 e. The van der Waals surface area contributed by atoms with Gasteiger partial charge < -0.3 is 10.4 Å². The van der Waals surface area contributed by atoms with Crippen LogP contribution < -0.4 is 10.9 Å². The van der Waals surface area contributed by atoms with Gasteiger partial charge in [0.25, 0.3) is 11.5 Å². The first-order valence-electron chi connectivity index (χ1n) is 8.12. The molecule has 0 radical (unpaired) electrons. The molecule has 3 aromatic rings. The van der Waals surface area contributed by atoms with Gasteiger partial charge in [0, 0.05) is 38.5 Å². The lowest BCUT2D eigenvalue weighted by atomic mass is 10.0. The zero-order chi connectivity index (χ0) is 20.3. The smallest absolute Gasteiger partial charge is 0.255 e. The molecule has 0 aliphatic carbocycles. The molecule has 0 bridgehead atoms. The fraction of sp³-hybridized carbons (Fsp3) is 0.0500. The number of pyridine rings is 1. The van der Waals surface area contributed by atoms with Crippen molar-refractivity contribution in [3.8, 4) is 5.75 Å². The Morgan fingerprint density at radius 3 is 2.32 bits per heavy atom. The Bertz CT molecular complexity index is 1090. The molecule has 142 valence electrons. The van der Waals surface area contributed by atoms with Crippen molar-refractivity contribution in [1.29, 1.82) is 0 Å². The number of phenols is 1. The summed E-state index contributed by atoms with van der Waals surface area (Å²) in [6.07, 6.45) is 1.39. The molecule has 28 heavy (non-hydrogen) atoms. The van der Waals surface area contributed by atoms with Gasteiger partial charge in [-0.1, -0.05) is 34.1 Å². The van der Waals surface area contributed by atoms with Crippen LogP contribution in [0.5, 0.6) is 5.75 Å². The quantitative estimate of drug-likeness (QED) is 0.403. The first-order valence-corrected chi connectivity index (χ1v) is 9.71. The molecule has 6 nitrogen and oxygen atoms in total. The van der Waals surface area contributed by atoms with Crippen molar-refractivity contribution in [2.45, 2.75) is 6.04 Å². The molecule has 8 heteroatoms. The van der Waals surface area contributed by atoms with Crippen LogP contribution in [0.3, 0.4) is 0 Å². The lowest BCUT2D eigenvalue weighted by Crippen LogP contribution is -2.38. The first-order chi connectivity index (χ1) is 13.3. The largest absolute Gasteiger partial charge is 0.508 e. The minimum atomic E-state index is -1.42. The molecule has 0 saturated heterocycles. The number of phenolic OH excluding ortho intramolecular Hbond substituents is 1. The number of aromatic nitrogens is 1. The summed E-state index contributed by atoms with van der Waals surface area (Å²) in [5, 5.41) is 12.2. The summed E-state index contributed by atoms with van der Waals surface area (Å²) in [6, 6.07) is 13.8. The number of halogens is 2. The number of carbonyl (C=O) groups excluding carboxylic acids is 2. The van der Waals surface area contributed by atoms with E-state index >= 15 is 0 Å². The zero-order valence-electron chi connectivity index (χ0n) is 14.3. The third kappa shape index (κ3) is 4.58. The molecule has 2 aromatic carbocycles. The SMILES string of the molecule is O=C(Nc1cccc(O)c1)C(C(=O)c1ccc(Br)cc1)n1cc(Br)ccc1=O. The molecular weight excluding hydrogens is 492 g/mol. The van der Waals surface area contributed by atoms with Crippen LogP contribution in [0.2, 0.25) is 0 Å². The van der Waals surface area contributed by atoms with E-state index in [0.29, 0.717) is 10.2 Å². The predicted molar refractivity (Wildman–Crippen MR) is 113 cm³/mol. The van der Waals surface area contributed by atoms with Gasteiger partial charge in [-0.2, -0.15) is 0 Å². The highest BCUT2D eigenvalue weighted by Gasteiger charge is 2.30. The highest BCUT2D eigenvalue weighted by atomic mass is 79.9. The summed E-state index contributed by atoms with van der Waals surface area (Å²) in [5.41, 5.74) is 0.0949. The normalized spacial score (nSPS) is 11.6. The Labute approximate surface area is 177 Å². The molecule has 3 rings (SSSR count). The standard InChI is InChI=1S/C20H14Br2N2O4/c21-13-6-4-12(5-7-13)19(27)18(24-11-14(22)8-9-17(24)26)20(28)23-15-2-1-3-16(25)10-15/h1-11,18,25H,(H,23,28). The highest BCUT2D eigenvalue weighted by molar-refractivity contribution is 9.10. The Morgan fingerprint density at radius 1 is 0.964 bits per heavy atom. The fourth-order valence-electron chi connectivity index (χ4n) is 2.62. The van der Waals surface area contributed by atoms with Gasteiger partial charge in [-0.15, -0.1) is 0 Å². The fourth-order valence-corrected chi connectivity index (χ4v) is 3.23. The topological polar surface area (TPSA) is 88.4 Å². The molecule has 0 fully saturated rings. The number of hydrogen-bond donors (Lipinski definition) is 2. The highest BCUT2D eigenvalue weighted by Crippen LogP contribution is 2.21. The van der Waals surface area contributed by atoms with E-state index in [1.807, 2.05) is 0 Å². The van der Waals surface area contributed by atoms with Crippen LogP contribution in [0, 0.1) is 0 Å². The van der Waals surface area contributed by atoms with Crippen molar-refractivity contribution < 1.29 is 14.7 Å². The Morgan fingerprint density at radius 2 is 1.64 bits per heavy atom. The van der Waals surface area contributed by atoms with Crippen molar-refractivity contribution in [2.75, 3.05) is 5.32 Å². The minimum absolute atomic E-state index is 0.0341. The van der Waals surface area contributed by atoms with E-state index in [2.05, 4.69) is 37.2 Å². The van der Waals surface area contributed by atoms with Crippen molar-refractivity contribution >= 4 is 49.2 Å². The second-order valence-electron chi connectivity index (χ2n) is 5.91. The number of anilines is 1. The van der Waals surface area contributed by atoms with E-state index in [4.69, 9.17) is 0 Å². The summed E-state index contributed by atoms with van der Waals surface area (Å²) in [4.78, 5) is 38.5.